The van der Waals surface area contributed by atoms with Crippen LogP contribution in [0.1, 0.15) is 38.8 Å². The highest BCUT2D eigenvalue weighted by Crippen LogP contribution is 2.25. The molecule has 0 aliphatic carbocycles. The number of nitrogens with one attached hydrogen (secondary N) is 2. The molecule has 0 aromatic heterocycles. The fourth-order valence-corrected chi connectivity index (χ4v) is 2.45. The largest absolute Gasteiger partial charge is 0.381 e. The van der Waals surface area contributed by atoms with Gasteiger partial charge in [0.2, 0.25) is 0 Å². The van der Waals surface area contributed by atoms with Gasteiger partial charge in [-0.3, -0.25) is 0 Å². The van der Waals surface area contributed by atoms with Crippen molar-refractivity contribution in [2.24, 2.45) is 5.92 Å². The van der Waals surface area contributed by atoms with Gasteiger partial charge in [0.15, 0.2) is 0 Å². The third-order valence-corrected chi connectivity index (χ3v) is 3.54. The van der Waals surface area contributed by atoms with Gasteiger partial charge in [0.1, 0.15) is 0 Å². The molecule has 2 amide bonds. The predicted octanol–water partition coefficient (Wildman–Crippen LogP) is 4.42. The summed E-state index contributed by atoms with van der Waals surface area (Å²) < 4.78 is 5.45. The second-order valence-corrected chi connectivity index (χ2v) is 6.45. The molecule has 6 heteroatoms. The van der Waals surface area contributed by atoms with Crippen LogP contribution in [0.15, 0.2) is 18.2 Å². The number of carbonyl (C=O) groups is 1. The van der Waals surface area contributed by atoms with Crippen LogP contribution in [0, 0.1) is 5.92 Å². The molecule has 0 saturated heterocycles. The van der Waals surface area contributed by atoms with Gasteiger partial charge >= 0.3 is 6.03 Å². The minimum atomic E-state index is -0.220. The second kappa shape index (κ2) is 9.93. The van der Waals surface area contributed by atoms with E-state index in [4.69, 9.17) is 27.9 Å². The van der Waals surface area contributed by atoms with Gasteiger partial charge in [0.05, 0.1) is 6.04 Å². The highest BCUT2D eigenvalue weighted by Gasteiger charge is 2.12. The van der Waals surface area contributed by atoms with Gasteiger partial charge in [0, 0.05) is 29.8 Å². The number of rotatable bonds is 8. The number of urea groups is 1. The molecule has 1 aromatic rings. The number of carbonyl (C=O) groups excluding carboxylic acids is 1. The Morgan fingerprint density at radius 1 is 1.27 bits per heavy atom. The fourth-order valence-electron chi connectivity index (χ4n) is 1.87. The van der Waals surface area contributed by atoms with Gasteiger partial charge in [-0.1, -0.05) is 43.1 Å². The van der Waals surface area contributed by atoms with E-state index in [-0.39, 0.29) is 12.1 Å². The van der Waals surface area contributed by atoms with Crippen molar-refractivity contribution < 1.29 is 9.53 Å². The molecule has 0 fully saturated rings. The zero-order valence-electron chi connectivity index (χ0n) is 13.3. The van der Waals surface area contributed by atoms with E-state index in [9.17, 15) is 4.79 Å². The Bertz CT molecular complexity index is 481. The SMILES string of the molecule is CC(C)COCCCNC(=O)N[C@@H](C)c1ccc(Cl)cc1Cl. The lowest BCUT2D eigenvalue weighted by atomic mass is 10.1. The summed E-state index contributed by atoms with van der Waals surface area (Å²) in [5.74, 6) is 0.529. The molecule has 2 N–H and O–H groups in total. The van der Waals surface area contributed by atoms with Crippen molar-refractivity contribution in [1.29, 1.82) is 0 Å². The molecule has 22 heavy (non-hydrogen) atoms. The minimum Gasteiger partial charge on any atom is -0.381 e. The molecule has 1 aromatic carbocycles. The molecule has 0 heterocycles. The average molecular weight is 347 g/mol. The number of halogens is 2. The lowest BCUT2D eigenvalue weighted by Gasteiger charge is -2.16. The van der Waals surface area contributed by atoms with E-state index in [0.29, 0.717) is 29.1 Å². The summed E-state index contributed by atoms with van der Waals surface area (Å²) in [5.41, 5.74) is 0.835. The average Bonchev–Trinajstić information content (AvgIpc) is 2.42. The van der Waals surface area contributed by atoms with Crippen molar-refractivity contribution in [1.82, 2.24) is 10.6 Å². The van der Waals surface area contributed by atoms with Crippen LogP contribution in [0.25, 0.3) is 0 Å². The van der Waals surface area contributed by atoms with Crippen LogP contribution >= 0.6 is 23.2 Å². The number of amides is 2. The number of hydrogen-bond acceptors (Lipinski definition) is 2. The lowest BCUT2D eigenvalue weighted by molar-refractivity contribution is 0.108. The molecule has 0 radical (unpaired) electrons. The van der Waals surface area contributed by atoms with Crippen molar-refractivity contribution >= 4 is 29.2 Å². The van der Waals surface area contributed by atoms with Gasteiger partial charge in [-0.25, -0.2) is 4.79 Å². The van der Waals surface area contributed by atoms with Crippen LogP contribution in [0.4, 0.5) is 4.79 Å². The first-order chi connectivity index (χ1) is 10.4. The van der Waals surface area contributed by atoms with Crippen molar-refractivity contribution in [3.63, 3.8) is 0 Å². The molecular weight excluding hydrogens is 323 g/mol. The van der Waals surface area contributed by atoms with Gasteiger partial charge in [-0.2, -0.15) is 0 Å². The molecule has 1 atom stereocenters. The molecule has 0 saturated carbocycles. The van der Waals surface area contributed by atoms with E-state index < -0.39 is 0 Å². The first-order valence-corrected chi connectivity index (χ1v) is 8.22. The summed E-state index contributed by atoms with van der Waals surface area (Å²) in [6.07, 6.45) is 0.788. The Kier molecular flexibility index (Phi) is 8.61. The molecule has 0 bridgehead atoms. The Morgan fingerprint density at radius 2 is 2.00 bits per heavy atom. The van der Waals surface area contributed by atoms with Crippen molar-refractivity contribution in [2.45, 2.75) is 33.2 Å². The van der Waals surface area contributed by atoms with Crippen LogP contribution in [0.2, 0.25) is 10.0 Å². The Labute approximate surface area is 142 Å². The van der Waals surface area contributed by atoms with Crippen LogP contribution in [-0.4, -0.2) is 25.8 Å². The zero-order chi connectivity index (χ0) is 16.5. The van der Waals surface area contributed by atoms with Gasteiger partial charge in [-0.05, 0) is 37.0 Å². The first kappa shape index (κ1) is 19.1. The maximum atomic E-state index is 11.8. The molecule has 0 spiro atoms. The maximum absolute atomic E-state index is 11.8. The summed E-state index contributed by atoms with van der Waals surface area (Å²) >= 11 is 12.0. The molecule has 4 nitrogen and oxygen atoms in total. The zero-order valence-corrected chi connectivity index (χ0v) is 14.8. The van der Waals surface area contributed by atoms with Gasteiger partial charge in [-0.15, -0.1) is 0 Å². The van der Waals surface area contributed by atoms with Gasteiger partial charge in [0.25, 0.3) is 0 Å². The quantitative estimate of drug-likeness (QED) is 0.684. The Hall–Kier alpha value is -0.970. The normalized spacial score (nSPS) is 12.3. The van der Waals surface area contributed by atoms with E-state index in [0.717, 1.165) is 18.6 Å². The Balaban J connectivity index is 2.27. The van der Waals surface area contributed by atoms with E-state index in [2.05, 4.69) is 24.5 Å². The smallest absolute Gasteiger partial charge is 0.315 e. The predicted molar refractivity (Wildman–Crippen MR) is 91.7 cm³/mol. The van der Waals surface area contributed by atoms with Crippen molar-refractivity contribution in [2.75, 3.05) is 19.8 Å². The van der Waals surface area contributed by atoms with Crippen LogP contribution < -0.4 is 10.6 Å². The lowest BCUT2D eigenvalue weighted by Crippen LogP contribution is -2.37. The van der Waals surface area contributed by atoms with Crippen molar-refractivity contribution in [3.05, 3.63) is 33.8 Å². The van der Waals surface area contributed by atoms with E-state index in [1.807, 2.05) is 13.0 Å². The van der Waals surface area contributed by atoms with E-state index in [1.54, 1.807) is 12.1 Å². The molecule has 0 aliphatic heterocycles. The van der Waals surface area contributed by atoms with Crippen LogP contribution in [0.5, 0.6) is 0 Å². The number of ether oxygens (including phenoxy) is 1. The van der Waals surface area contributed by atoms with Crippen LogP contribution in [-0.2, 0) is 4.74 Å². The highest BCUT2D eigenvalue weighted by atomic mass is 35.5. The van der Waals surface area contributed by atoms with E-state index in [1.165, 1.54) is 0 Å². The maximum Gasteiger partial charge on any atom is 0.315 e. The minimum absolute atomic E-state index is 0.193. The summed E-state index contributed by atoms with van der Waals surface area (Å²) in [6.45, 7) is 8.06. The first-order valence-electron chi connectivity index (χ1n) is 7.47. The third kappa shape index (κ3) is 7.34. The van der Waals surface area contributed by atoms with Gasteiger partial charge < -0.3 is 15.4 Å². The second-order valence-electron chi connectivity index (χ2n) is 5.61. The molecular formula is C16H24Cl2N2O2. The topological polar surface area (TPSA) is 50.4 Å². The third-order valence-electron chi connectivity index (χ3n) is 2.98. The number of benzene rings is 1. The Morgan fingerprint density at radius 3 is 2.64 bits per heavy atom. The summed E-state index contributed by atoms with van der Waals surface area (Å²) in [5, 5.41) is 6.77. The number of hydrogen-bond donors (Lipinski definition) is 2. The van der Waals surface area contributed by atoms with E-state index >= 15 is 0 Å². The summed E-state index contributed by atoms with van der Waals surface area (Å²) in [4.78, 5) is 11.8. The molecule has 0 unspecified atom stereocenters. The van der Waals surface area contributed by atoms with Crippen molar-refractivity contribution in [3.8, 4) is 0 Å². The monoisotopic (exact) mass is 346 g/mol. The molecule has 1 rings (SSSR count). The molecule has 124 valence electrons. The van der Waals surface area contributed by atoms with Crippen LogP contribution in [0.3, 0.4) is 0 Å². The fraction of sp³-hybridized carbons (Fsp3) is 0.562. The summed E-state index contributed by atoms with van der Waals surface area (Å²) in [6, 6.07) is 4.82. The summed E-state index contributed by atoms with van der Waals surface area (Å²) in [7, 11) is 0. The standard InChI is InChI=1S/C16H24Cl2N2O2/c1-11(2)10-22-8-4-7-19-16(21)20-12(3)14-6-5-13(17)9-15(14)18/h5-6,9,11-12H,4,7-8,10H2,1-3H3,(H2,19,20,21)/t12-/m0/s1. The molecule has 0 aliphatic rings. The highest BCUT2D eigenvalue weighted by molar-refractivity contribution is 6.35.